The number of anilines is 1. The number of hydrogen-bond acceptors (Lipinski definition) is 2. The molecule has 1 aliphatic rings. The van der Waals surface area contributed by atoms with Crippen molar-refractivity contribution in [2.45, 2.75) is 19.4 Å². The molecule has 0 radical (unpaired) electrons. The topological polar surface area (TPSA) is 32.3 Å². The standard InChI is InChI=1S/C12H14BrFN2O/c1-7-5-9(14)8(13)6-11(7)16-4-3-10(15-2)12(16)17/h5-6,10,15H,3-4H2,1-2H3. The van der Waals surface area contributed by atoms with E-state index in [0.29, 0.717) is 11.0 Å². The summed E-state index contributed by atoms with van der Waals surface area (Å²) in [7, 11) is 1.78. The first-order valence-electron chi connectivity index (χ1n) is 5.49. The van der Waals surface area contributed by atoms with E-state index in [1.54, 1.807) is 18.0 Å². The summed E-state index contributed by atoms with van der Waals surface area (Å²) in [5.41, 5.74) is 1.55. The third kappa shape index (κ3) is 2.21. The number of likely N-dealkylation sites (N-methyl/N-ethyl adjacent to an activating group) is 1. The van der Waals surface area contributed by atoms with Gasteiger partial charge in [-0.1, -0.05) is 0 Å². The summed E-state index contributed by atoms with van der Waals surface area (Å²) in [4.78, 5) is 13.7. The number of hydrogen-bond donors (Lipinski definition) is 1. The van der Waals surface area contributed by atoms with Gasteiger partial charge in [0.25, 0.3) is 0 Å². The van der Waals surface area contributed by atoms with Crippen LogP contribution in [0, 0.1) is 12.7 Å². The van der Waals surface area contributed by atoms with Gasteiger partial charge in [-0.3, -0.25) is 4.79 Å². The third-order valence-electron chi connectivity index (χ3n) is 3.08. The second-order valence-electron chi connectivity index (χ2n) is 4.17. The molecule has 0 aromatic heterocycles. The Morgan fingerprint density at radius 3 is 2.82 bits per heavy atom. The number of nitrogens with zero attached hydrogens (tertiary/aromatic N) is 1. The van der Waals surface area contributed by atoms with E-state index in [2.05, 4.69) is 21.2 Å². The molecule has 2 rings (SSSR count). The zero-order valence-electron chi connectivity index (χ0n) is 9.76. The Bertz CT molecular complexity index is 464. The van der Waals surface area contributed by atoms with Crippen LogP contribution in [0.1, 0.15) is 12.0 Å². The lowest BCUT2D eigenvalue weighted by molar-refractivity contribution is -0.118. The molecular formula is C12H14BrFN2O. The maximum absolute atomic E-state index is 13.3. The second kappa shape index (κ2) is 4.74. The first-order valence-corrected chi connectivity index (χ1v) is 6.28. The van der Waals surface area contributed by atoms with Crippen LogP contribution in [-0.4, -0.2) is 25.5 Å². The molecule has 5 heteroatoms. The summed E-state index contributed by atoms with van der Waals surface area (Å²) in [6.45, 7) is 2.48. The molecule has 1 aliphatic heterocycles. The molecule has 0 spiro atoms. The predicted octanol–water partition coefficient (Wildman–Crippen LogP) is 2.22. The average molecular weight is 301 g/mol. The van der Waals surface area contributed by atoms with Gasteiger partial charge in [0.2, 0.25) is 5.91 Å². The van der Waals surface area contributed by atoms with Gasteiger partial charge in [0.15, 0.2) is 0 Å². The highest BCUT2D eigenvalue weighted by atomic mass is 79.9. The molecule has 1 aromatic carbocycles. The average Bonchev–Trinajstić information content (AvgIpc) is 2.65. The second-order valence-corrected chi connectivity index (χ2v) is 5.03. The molecule has 1 amide bonds. The Kier molecular flexibility index (Phi) is 3.49. The third-order valence-corrected chi connectivity index (χ3v) is 3.69. The zero-order chi connectivity index (χ0) is 12.6. The van der Waals surface area contributed by atoms with Gasteiger partial charge in [-0.25, -0.2) is 4.39 Å². The summed E-state index contributed by atoms with van der Waals surface area (Å²) in [5.74, 6) is -0.253. The van der Waals surface area contributed by atoms with Gasteiger partial charge in [0.1, 0.15) is 5.82 Å². The number of rotatable bonds is 2. The van der Waals surface area contributed by atoms with Gasteiger partial charge in [-0.15, -0.1) is 0 Å². The lowest BCUT2D eigenvalue weighted by Crippen LogP contribution is -2.36. The molecular weight excluding hydrogens is 287 g/mol. The fraction of sp³-hybridized carbons (Fsp3) is 0.417. The SMILES string of the molecule is CNC1CCN(c2cc(Br)c(F)cc2C)C1=O. The van der Waals surface area contributed by atoms with E-state index in [1.165, 1.54) is 6.07 Å². The van der Waals surface area contributed by atoms with E-state index in [0.717, 1.165) is 17.7 Å². The molecule has 17 heavy (non-hydrogen) atoms. The molecule has 0 saturated carbocycles. The van der Waals surface area contributed by atoms with E-state index < -0.39 is 0 Å². The molecule has 1 heterocycles. The van der Waals surface area contributed by atoms with E-state index in [-0.39, 0.29) is 17.8 Å². The fourth-order valence-corrected chi connectivity index (χ4v) is 2.44. The van der Waals surface area contributed by atoms with Crippen molar-refractivity contribution in [3.05, 3.63) is 28.0 Å². The van der Waals surface area contributed by atoms with Crippen LogP contribution in [0.2, 0.25) is 0 Å². The van der Waals surface area contributed by atoms with Crippen LogP contribution in [0.5, 0.6) is 0 Å². The maximum atomic E-state index is 13.3. The first-order chi connectivity index (χ1) is 8.04. The maximum Gasteiger partial charge on any atom is 0.244 e. The quantitative estimate of drug-likeness (QED) is 0.908. The summed E-state index contributed by atoms with van der Waals surface area (Å²) in [6, 6.07) is 2.98. The fourth-order valence-electron chi connectivity index (χ4n) is 2.11. The monoisotopic (exact) mass is 300 g/mol. The molecule has 1 saturated heterocycles. The van der Waals surface area contributed by atoms with Crippen molar-refractivity contribution in [3.8, 4) is 0 Å². The number of nitrogens with one attached hydrogen (secondary N) is 1. The molecule has 1 N–H and O–H groups in total. The van der Waals surface area contributed by atoms with Crippen molar-refractivity contribution in [2.24, 2.45) is 0 Å². The molecule has 1 fully saturated rings. The van der Waals surface area contributed by atoms with Crippen LogP contribution >= 0.6 is 15.9 Å². The van der Waals surface area contributed by atoms with Crippen molar-refractivity contribution in [2.75, 3.05) is 18.5 Å². The number of amides is 1. The smallest absolute Gasteiger partial charge is 0.244 e. The summed E-state index contributed by atoms with van der Waals surface area (Å²) in [5, 5.41) is 2.98. The zero-order valence-corrected chi connectivity index (χ0v) is 11.3. The van der Waals surface area contributed by atoms with Crippen LogP contribution in [0.4, 0.5) is 10.1 Å². The Hall–Kier alpha value is -0.940. The number of halogens is 2. The number of carbonyl (C=O) groups excluding carboxylic acids is 1. The van der Waals surface area contributed by atoms with E-state index in [9.17, 15) is 9.18 Å². The van der Waals surface area contributed by atoms with E-state index in [4.69, 9.17) is 0 Å². The molecule has 0 bridgehead atoms. The first kappa shape index (κ1) is 12.5. The predicted molar refractivity (Wildman–Crippen MR) is 68.7 cm³/mol. The number of benzene rings is 1. The molecule has 1 atom stereocenters. The van der Waals surface area contributed by atoms with Crippen LogP contribution < -0.4 is 10.2 Å². The minimum Gasteiger partial charge on any atom is -0.311 e. The molecule has 1 aromatic rings. The Labute approximate surface area is 108 Å². The molecule has 1 unspecified atom stereocenters. The highest BCUT2D eigenvalue weighted by Gasteiger charge is 2.32. The van der Waals surface area contributed by atoms with Gasteiger partial charge in [-0.2, -0.15) is 0 Å². The Balaban J connectivity index is 2.36. The summed E-state index contributed by atoms with van der Waals surface area (Å²) >= 11 is 3.15. The van der Waals surface area contributed by atoms with Crippen molar-refractivity contribution < 1.29 is 9.18 Å². The summed E-state index contributed by atoms with van der Waals surface area (Å²) in [6.07, 6.45) is 0.782. The normalized spacial score (nSPS) is 20.1. The highest BCUT2D eigenvalue weighted by molar-refractivity contribution is 9.10. The number of carbonyl (C=O) groups is 1. The molecule has 3 nitrogen and oxygen atoms in total. The lowest BCUT2D eigenvalue weighted by Gasteiger charge is -2.19. The van der Waals surface area contributed by atoms with Gasteiger partial charge in [0.05, 0.1) is 10.5 Å². The largest absolute Gasteiger partial charge is 0.311 e. The Morgan fingerprint density at radius 1 is 1.53 bits per heavy atom. The molecule has 0 aliphatic carbocycles. The molecule has 92 valence electrons. The van der Waals surface area contributed by atoms with Gasteiger partial charge >= 0.3 is 0 Å². The van der Waals surface area contributed by atoms with E-state index >= 15 is 0 Å². The summed E-state index contributed by atoms with van der Waals surface area (Å²) < 4.78 is 13.7. The van der Waals surface area contributed by atoms with Crippen molar-refractivity contribution in [1.82, 2.24) is 5.32 Å². The van der Waals surface area contributed by atoms with Gasteiger partial charge < -0.3 is 10.2 Å². The van der Waals surface area contributed by atoms with E-state index in [1.807, 2.05) is 6.92 Å². The van der Waals surface area contributed by atoms with Gasteiger partial charge in [0, 0.05) is 12.2 Å². The van der Waals surface area contributed by atoms with Gasteiger partial charge in [-0.05, 0) is 54.0 Å². The van der Waals surface area contributed by atoms with Crippen LogP contribution in [0.25, 0.3) is 0 Å². The minimum atomic E-state index is -0.303. The van der Waals surface area contributed by atoms with Crippen LogP contribution in [0.15, 0.2) is 16.6 Å². The lowest BCUT2D eigenvalue weighted by atomic mass is 10.2. The minimum absolute atomic E-state index is 0.0501. The van der Waals surface area contributed by atoms with Crippen molar-refractivity contribution >= 4 is 27.5 Å². The highest BCUT2D eigenvalue weighted by Crippen LogP contribution is 2.30. The van der Waals surface area contributed by atoms with Crippen molar-refractivity contribution in [1.29, 1.82) is 0 Å². The van der Waals surface area contributed by atoms with Crippen LogP contribution in [-0.2, 0) is 4.79 Å². The Morgan fingerprint density at radius 2 is 2.24 bits per heavy atom. The number of aryl methyl sites for hydroxylation is 1. The van der Waals surface area contributed by atoms with Crippen molar-refractivity contribution in [3.63, 3.8) is 0 Å². The van der Waals surface area contributed by atoms with Crippen LogP contribution in [0.3, 0.4) is 0 Å².